The smallest absolute Gasteiger partial charge is 0.123 e. The maximum atomic E-state index is 12.9. The van der Waals surface area contributed by atoms with Crippen LogP contribution in [0.15, 0.2) is 71.8 Å². The van der Waals surface area contributed by atoms with Gasteiger partial charge in [0.15, 0.2) is 0 Å². The Labute approximate surface area is 167 Å². The molecule has 0 fully saturated rings. The van der Waals surface area contributed by atoms with Crippen LogP contribution < -0.4 is 10.2 Å². The van der Waals surface area contributed by atoms with Gasteiger partial charge in [-0.15, -0.1) is 0 Å². The lowest BCUT2D eigenvalue weighted by atomic mass is 10.2. The summed E-state index contributed by atoms with van der Waals surface area (Å²) < 4.78 is 18.6. The third kappa shape index (κ3) is 5.71. The fourth-order valence-corrected chi connectivity index (χ4v) is 2.87. The van der Waals surface area contributed by atoms with Crippen LogP contribution in [0.4, 0.5) is 4.39 Å². The first kappa shape index (κ1) is 19.2. The predicted octanol–water partition coefficient (Wildman–Crippen LogP) is 5.84. The summed E-state index contributed by atoms with van der Waals surface area (Å²) in [5.41, 5.74) is 5.57. The fourth-order valence-electron chi connectivity index (χ4n) is 2.34. The largest absolute Gasteiger partial charge is 0.489 e. The number of nitrogens with one attached hydrogen (secondary N) is 1. The molecule has 0 saturated carbocycles. The molecular weight excluding hydrogens is 386 g/mol. The summed E-state index contributed by atoms with van der Waals surface area (Å²) in [6.07, 6.45) is 1.70. The van der Waals surface area contributed by atoms with E-state index in [0.29, 0.717) is 23.2 Å². The highest BCUT2D eigenvalue weighted by molar-refractivity contribution is 6.35. The molecule has 27 heavy (non-hydrogen) atoms. The summed E-state index contributed by atoms with van der Waals surface area (Å²) in [6, 6.07) is 19.1. The van der Waals surface area contributed by atoms with Crippen LogP contribution in [0, 0.1) is 5.82 Å². The highest BCUT2D eigenvalue weighted by Crippen LogP contribution is 2.23. The normalized spacial score (nSPS) is 10.9. The van der Waals surface area contributed by atoms with Gasteiger partial charge >= 0.3 is 0 Å². The van der Waals surface area contributed by atoms with Crippen LogP contribution in [-0.2, 0) is 13.2 Å². The first-order valence-electron chi connectivity index (χ1n) is 8.28. The molecule has 6 heteroatoms. The highest BCUT2D eigenvalue weighted by Gasteiger charge is 2.03. The molecule has 0 aromatic heterocycles. The van der Waals surface area contributed by atoms with E-state index in [4.69, 9.17) is 27.9 Å². The summed E-state index contributed by atoms with van der Waals surface area (Å²) in [4.78, 5) is 0. The number of hydrazone groups is 1. The second-order valence-corrected chi connectivity index (χ2v) is 6.59. The van der Waals surface area contributed by atoms with E-state index in [2.05, 4.69) is 10.5 Å². The van der Waals surface area contributed by atoms with Crippen molar-refractivity contribution in [2.75, 3.05) is 0 Å². The second kappa shape index (κ2) is 9.40. The van der Waals surface area contributed by atoms with Crippen molar-refractivity contribution in [2.24, 2.45) is 5.10 Å². The van der Waals surface area contributed by atoms with E-state index >= 15 is 0 Å². The molecule has 0 amide bonds. The summed E-state index contributed by atoms with van der Waals surface area (Å²) in [6.45, 7) is 0.821. The Morgan fingerprint density at radius 2 is 1.59 bits per heavy atom. The van der Waals surface area contributed by atoms with Crippen molar-refractivity contribution in [3.05, 3.63) is 99.3 Å². The van der Waals surface area contributed by atoms with Gasteiger partial charge in [0.2, 0.25) is 0 Å². The molecule has 0 unspecified atom stereocenters. The summed E-state index contributed by atoms with van der Waals surface area (Å²) >= 11 is 12.2. The average molecular weight is 403 g/mol. The molecule has 3 aromatic carbocycles. The molecule has 3 aromatic rings. The van der Waals surface area contributed by atoms with Crippen molar-refractivity contribution in [3.63, 3.8) is 0 Å². The molecule has 0 bridgehead atoms. The van der Waals surface area contributed by atoms with Crippen molar-refractivity contribution < 1.29 is 9.13 Å². The van der Waals surface area contributed by atoms with Gasteiger partial charge in [-0.25, -0.2) is 4.39 Å². The Kier molecular flexibility index (Phi) is 6.69. The van der Waals surface area contributed by atoms with E-state index in [9.17, 15) is 4.39 Å². The Balaban J connectivity index is 1.50. The van der Waals surface area contributed by atoms with E-state index in [1.807, 2.05) is 24.3 Å². The van der Waals surface area contributed by atoms with Crippen LogP contribution in [0.3, 0.4) is 0 Å². The topological polar surface area (TPSA) is 33.6 Å². The molecule has 0 aliphatic carbocycles. The van der Waals surface area contributed by atoms with Crippen molar-refractivity contribution in [1.29, 1.82) is 0 Å². The molecule has 0 radical (unpaired) electrons. The zero-order chi connectivity index (χ0) is 19.1. The summed E-state index contributed by atoms with van der Waals surface area (Å²) in [7, 11) is 0. The summed E-state index contributed by atoms with van der Waals surface area (Å²) in [5, 5.41) is 5.39. The molecule has 3 nitrogen and oxygen atoms in total. The van der Waals surface area contributed by atoms with Gasteiger partial charge in [0.1, 0.15) is 18.2 Å². The highest BCUT2D eigenvalue weighted by atomic mass is 35.5. The molecule has 138 valence electrons. The molecule has 3 rings (SSSR count). The number of ether oxygens (including phenoxy) is 1. The van der Waals surface area contributed by atoms with Gasteiger partial charge in [-0.3, -0.25) is 0 Å². The minimum Gasteiger partial charge on any atom is -0.489 e. The Bertz CT molecular complexity index is 892. The maximum Gasteiger partial charge on any atom is 0.123 e. The van der Waals surface area contributed by atoms with Gasteiger partial charge < -0.3 is 10.2 Å². The quantitative estimate of drug-likeness (QED) is 0.398. The Hall–Kier alpha value is -2.56. The van der Waals surface area contributed by atoms with Gasteiger partial charge in [-0.05, 0) is 59.7 Å². The molecule has 0 heterocycles. The van der Waals surface area contributed by atoms with Crippen LogP contribution in [0.5, 0.6) is 5.75 Å². The second-order valence-electron chi connectivity index (χ2n) is 5.78. The number of rotatable bonds is 7. The lowest BCUT2D eigenvalue weighted by Crippen LogP contribution is -2.06. The minimum atomic E-state index is -0.257. The molecule has 1 N–H and O–H groups in total. The Morgan fingerprint density at radius 3 is 2.26 bits per heavy atom. The van der Waals surface area contributed by atoms with Crippen molar-refractivity contribution in [3.8, 4) is 5.75 Å². The maximum absolute atomic E-state index is 12.9. The number of benzene rings is 3. The van der Waals surface area contributed by atoms with Gasteiger partial charge in [0.05, 0.1) is 12.8 Å². The zero-order valence-electron chi connectivity index (χ0n) is 14.3. The van der Waals surface area contributed by atoms with Crippen molar-refractivity contribution >= 4 is 29.4 Å². The first-order chi connectivity index (χ1) is 13.1. The lowest BCUT2D eigenvalue weighted by Gasteiger charge is -2.07. The van der Waals surface area contributed by atoms with Crippen molar-refractivity contribution in [2.45, 2.75) is 13.2 Å². The number of hydrogen-bond acceptors (Lipinski definition) is 3. The number of halogens is 3. The fraction of sp³-hybridized carbons (Fsp3) is 0.0952. The van der Waals surface area contributed by atoms with E-state index in [1.54, 1.807) is 36.5 Å². The van der Waals surface area contributed by atoms with E-state index in [0.717, 1.165) is 22.4 Å². The monoisotopic (exact) mass is 402 g/mol. The van der Waals surface area contributed by atoms with Crippen molar-refractivity contribution in [1.82, 2.24) is 5.43 Å². The van der Waals surface area contributed by atoms with E-state index in [1.165, 1.54) is 12.1 Å². The molecule has 0 aliphatic heterocycles. The average Bonchev–Trinajstić information content (AvgIpc) is 2.67. The lowest BCUT2D eigenvalue weighted by molar-refractivity contribution is 0.306. The van der Waals surface area contributed by atoms with Gasteiger partial charge in [0.25, 0.3) is 0 Å². The molecule has 0 atom stereocenters. The minimum absolute atomic E-state index is 0.257. The summed E-state index contributed by atoms with van der Waals surface area (Å²) in [5.74, 6) is 0.472. The van der Waals surface area contributed by atoms with Crippen LogP contribution in [0.25, 0.3) is 0 Å². The first-order valence-corrected chi connectivity index (χ1v) is 9.03. The number of hydrogen-bond donors (Lipinski definition) is 1. The molecule has 0 aliphatic rings. The standard InChI is InChI=1S/C21H17Cl2FN2O/c22-20-2-1-3-21(23)19(20)13-26-25-12-15-6-10-18(11-7-15)27-14-16-4-8-17(24)9-5-16/h1-12,26H,13-14H2/b25-12+. The SMILES string of the molecule is Fc1ccc(COc2ccc(/C=N/NCc3c(Cl)cccc3Cl)cc2)cc1. The van der Waals surface area contributed by atoms with Gasteiger partial charge in [-0.2, -0.15) is 5.10 Å². The van der Waals surface area contributed by atoms with Crippen LogP contribution in [-0.4, -0.2) is 6.21 Å². The van der Waals surface area contributed by atoms with Crippen LogP contribution in [0.2, 0.25) is 10.0 Å². The molecular formula is C21H17Cl2FN2O. The third-order valence-corrected chi connectivity index (χ3v) is 4.53. The predicted molar refractivity (Wildman–Crippen MR) is 108 cm³/mol. The van der Waals surface area contributed by atoms with Crippen LogP contribution in [0.1, 0.15) is 16.7 Å². The van der Waals surface area contributed by atoms with E-state index < -0.39 is 0 Å². The van der Waals surface area contributed by atoms with Gasteiger partial charge in [-0.1, -0.05) is 41.4 Å². The number of nitrogens with zero attached hydrogens (tertiary/aromatic N) is 1. The van der Waals surface area contributed by atoms with Gasteiger partial charge in [0, 0.05) is 15.6 Å². The zero-order valence-corrected chi connectivity index (χ0v) is 15.8. The van der Waals surface area contributed by atoms with E-state index in [-0.39, 0.29) is 5.82 Å². The Morgan fingerprint density at radius 1 is 0.926 bits per heavy atom. The molecule has 0 saturated heterocycles. The molecule has 0 spiro atoms. The third-order valence-electron chi connectivity index (χ3n) is 3.82. The van der Waals surface area contributed by atoms with Crippen LogP contribution >= 0.6 is 23.2 Å².